The number of anilines is 1. The summed E-state index contributed by atoms with van der Waals surface area (Å²) in [7, 11) is 1.64. The Hall–Kier alpha value is -3.02. The zero-order chi connectivity index (χ0) is 16.1. The zero-order valence-corrected chi connectivity index (χ0v) is 12.8. The van der Waals surface area contributed by atoms with Gasteiger partial charge in [-0.25, -0.2) is 9.78 Å². The maximum atomic E-state index is 11.9. The highest BCUT2D eigenvalue weighted by Gasteiger charge is 2.06. The summed E-state index contributed by atoms with van der Waals surface area (Å²) in [6.07, 6.45) is 4.32. The highest BCUT2D eigenvalue weighted by atomic mass is 16.5. The number of fused-ring (bicyclic) bond motifs is 1. The number of rotatable bonds is 5. The molecule has 0 fully saturated rings. The normalized spacial score (nSPS) is 10.5. The van der Waals surface area contributed by atoms with Crippen molar-refractivity contribution >= 4 is 17.5 Å². The first-order valence-electron chi connectivity index (χ1n) is 7.36. The Labute approximate surface area is 134 Å². The van der Waals surface area contributed by atoms with Gasteiger partial charge in [0.2, 0.25) is 5.95 Å². The Bertz CT molecular complexity index is 796. The largest absolute Gasteiger partial charge is 0.497 e. The van der Waals surface area contributed by atoms with Crippen molar-refractivity contribution in [2.24, 2.45) is 0 Å². The summed E-state index contributed by atoms with van der Waals surface area (Å²) in [6.45, 7) is 0.543. The average molecular weight is 310 g/mol. The lowest BCUT2D eigenvalue weighted by atomic mass is 10.1. The van der Waals surface area contributed by atoms with E-state index < -0.39 is 0 Å². The number of pyridine rings is 1. The number of nitrogens with zero attached hydrogens (tertiary/aromatic N) is 2. The van der Waals surface area contributed by atoms with Crippen molar-refractivity contribution in [2.45, 2.75) is 6.42 Å². The molecule has 0 spiro atoms. The average Bonchev–Trinajstić information content (AvgIpc) is 2.99. The molecule has 3 aromatic rings. The first kappa shape index (κ1) is 14.9. The minimum Gasteiger partial charge on any atom is -0.497 e. The number of imidazole rings is 1. The van der Waals surface area contributed by atoms with Crippen LogP contribution in [0.15, 0.2) is 54.9 Å². The molecule has 118 valence electrons. The fourth-order valence-corrected chi connectivity index (χ4v) is 2.29. The maximum Gasteiger partial charge on any atom is 0.321 e. The van der Waals surface area contributed by atoms with E-state index >= 15 is 0 Å². The molecule has 2 amide bonds. The lowest BCUT2D eigenvalue weighted by Crippen LogP contribution is -2.31. The number of aromatic nitrogens is 2. The highest BCUT2D eigenvalue weighted by molar-refractivity contribution is 5.87. The van der Waals surface area contributed by atoms with E-state index in [4.69, 9.17) is 4.74 Å². The number of amides is 2. The summed E-state index contributed by atoms with van der Waals surface area (Å²) < 4.78 is 6.94. The number of nitrogens with one attached hydrogen (secondary N) is 2. The van der Waals surface area contributed by atoms with Gasteiger partial charge in [0.1, 0.15) is 5.75 Å². The molecule has 1 aromatic carbocycles. The van der Waals surface area contributed by atoms with Crippen molar-refractivity contribution in [3.63, 3.8) is 0 Å². The van der Waals surface area contributed by atoms with E-state index in [-0.39, 0.29) is 6.03 Å². The van der Waals surface area contributed by atoms with Gasteiger partial charge in [0.15, 0.2) is 0 Å². The van der Waals surface area contributed by atoms with Crippen molar-refractivity contribution in [3.05, 3.63) is 60.4 Å². The molecular weight excluding hydrogens is 292 g/mol. The van der Waals surface area contributed by atoms with Crippen LogP contribution in [0.25, 0.3) is 5.52 Å². The van der Waals surface area contributed by atoms with E-state index in [1.165, 1.54) is 0 Å². The van der Waals surface area contributed by atoms with Gasteiger partial charge in [0.25, 0.3) is 0 Å². The Morgan fingerprint density at radius 2 is 2.04 bits per heavy atom. The van der Waals surface area contributed by atoms with Crippen LogP contribution in [0.3, 0.4) is 0 Å². The number of benzene rings is 1. The van der Waals surface area contributed by atoms with Crippen LogP contribution in [-0.4, -0.2) is 29.1 Å². The monoisotopic (exact) mass is 310 g/mol. The van der Waals surface area contributed by atoms with Crippen molar-refractivity contribution in [1.29, 1.82) is 0 Å². The number of hydrogen-bond donors (Lipinski definition) is 2. The molecule has 0 aliphatic heterocycles. The topological polar surface area (TPSA) is 67.7 Å². The molecule has 3 rings (SSSR count). The number of hydrogen-bond acceptors (Lipinski definition) is 3. The van der Waals surface area contributed by atoms with E-state index in [0.717, 1.165) is 23.3 Å². The second kappa shape index (κ2) is 6.83. The Morgan fingerprint density at radius 3 is 2.83 bits per heavy atom. The van der Waals surface area contributed by atoms with Crippen molar-refractivity contribution in [3.8, 4) is 5.75 Å². The second-order valence-corrected chi connectivity index (χ2v) is 5.06. The molecule has 2 aromatic heterocycles. The molecule has 0 radical (unpaired) electrons. The molecule has 6 nitrogen and oxygen atoms in total. The van der Waals surface area contributed by atoms with Crippen LogP contribution in [0.5, 0.6) is 5.75 Å². The molecule has 0 unspecified atom stereocenters. The molecule has 0 saturated carbocycles. The van der Waals surface area contributed by atoms with Crippen LogP contribution >= 0.6 is 0 Å². The van der Waals surface area contributed by atoms with Gasteiger partial charge in [-0.05, 0) is 36.2 Å². The first-order valence-corrected chi connectivity index (χ1v) is 7.36. The minimum absolute atomic E-state index is 0.269. The third-order valence-corrected chi connectivity index (χ3v) is 3.52. The number of ether oxygens (including phenoxy) is 1. The minimum atomic E-state index is -0.269. The summed E-state index contributed by atoms with van der Waals surface area (Å²) in [5.41, 5.74) is 2.07. The Kier molecular flexibility index (Phi) is 4.42. The van der Waals surface area contributed by atoms with Crippen LogP contribution in [0.2, 0.25) is 0 Å². The molecule has 0 aliphatic carbocycles. The van der Waals surface area contributed by atoms with Crippen molar-refractivity contribution < 1.29 is 9.53 Å². The molecule has 6 heteroatoms. The predicted molar refractivity (Wildman–Crippen MR) is 88.9 cm³/mol. The van der Waals surface area contributed by atoms with Crippen molar-refractivity contribution in [2.75, 3.05) is 19.0 Å². The SMILES string of the molecule is COc1ccc(CCNC(=O)Nc2ncc3ccccn23)cc1. The van der Waals surface area contributed by atoms with Gasteiger partial charge in [-0.1, -0.05) is 18.2 Å². The summed E-state index contributed by atoms with van der Waals surface area (Å²) >= 11 is 0. The Morgan fingerprint density at radius 1 is 1.22 bits per heavy atom. The maximum absolute atomic E-state index is 11.9. The van der Waals surface area contributed by atoms with E-state index in [2.05, 4.69) is 15.6 Å². The standard InChI is InChI=1S/C17H18N4O2/c1-23-15-7-5-13(6-8-15)9-10-18-17(22)20-16-19-12-14-4-2-3-11-21(14)16/h2-8,11-12H,9-10H2,1H3,(H2,18,19,20,22). The smallest absolute Gasteiger partial charge is 0.321 e. The van der Waals surface area contributed by atoms with E-state index in [1.54, 1.807) is 13.3 Å². The summed E-state index contributed by atoms with van der Waals surface area (Å²) in [4.78, 5) is 16.1. The Balaban J connectivity index is 1.51. The molecule has 0 saturated heterocycles. The van der Waals surface area contributed by atoms with Crippen LogP contribution in [0.1, 0.15) is 5.56 Å². The van der Waals surface area contributed by atoms with E-state index in [1.807, 2.05) is 53.1 Å². The molecule has 0 bridgehead atoms. The molecule has 23 heavy (non-hydrogen) atoms. The summed E-state index contributed by atoms with van der Waals surface area (Å²) in [5.74, 6) is 1.33. The molecule has 2 N–H and O–H groups in total. The molecular formula is C17H18N4O2. The summed E-state index contributed by atoms with van der Waals surface area (Å²) in [6, 6.07) is 13.3. The molecule has 0 atom stereocenters. The lowest BCUT2D eigenvalue weighted by Gasteiger charge is -2.07. The second-order valence-electron chi connectivity index (χ2n) is 5.06. The van der Waals surface area contributed by atoms with Crippen LogP contribution in [-0.2, 0) is 6.42 Å². The molecule has 0 aliphatic rings. The molecule has 2 heterocycles. The van der Waals surface area contributed by atoms with E-state index in [0.29, 0.717) is 12.5 Å². The number of methoxy groups -OCH3 is 1. The number of carbonyl (C=O) groups excluding carboxylic acids is 1. The van der Waals surface area contributed by atoms with Gasteiger partial charge >= 0.3 is 6.03 Å². The first-order chi connectivity index (χ1) is 11.3. The van der Waals surface area contributed by atoms with Gasteiger partial charge < -0.3 is 10.1 Å². The van der Waals surface area contributed by atoms with Crippen LogP contribution in [0, 0.1) is 0 Å². The quantitative estimate of drug-likeness (QED) is 0.761. The fourth-order valence-electron chi connectivity index (χ4n) is 2.29. The van der Waals surface area contributed by atoms with Crippen LogP contribution < -0.4 is 15.4 Å². The third kappa shape index (κ3) is 3.60. The van der Waals surface area contributed by atoms with Crippen molar-refractivity contribution in [1.82, 2.24) is 14.7 Å². The van der Waals surface area contributed by atoms with Gasteiger partial charge in [0, 0.05) is 12.7 Å². The van der Waals surface area contributed by atoms with Crippen LogP contribution in [0.4, 0.5) is 10.7 Å². The predicted octanol–water partition coefficient (Wildman–Crippen LogP) is 2.71. The van der Waals surface area contributed by atoms with E-state index in [9.17, 15) is 4.79 Å². The van der Waals surface area contributed by atoms with Gasteiger partial charge in [0.05, 0.1) is 18.8 Å². The fraction of sp³-hybridized carbons (Fsp3) is 0.176. The number of urea groups is 1. The number of carbonyl (C=O) groups is 1. The van der Waals surface area contributed by atoms with Gasteiger partial charge in [-0.15, -0.1) is 0 Å². The highest BCUT2D eigenvalue weighted by Crippen LogP contribution is 2.12. The zero-order valence-electron chi connectivity index (χ0n) is 12.8. The third-order valence-electron chi connectivity index (χ3n) is 3.52. The lowest BCUT2D eigenvalue weighted by molar-refractivity contribution is 0.252. The van der Waals surface area contributed by atoms with Gasteiger partial charge in [-0.2, -0.15) is 0 Å². The summed E-state index contributed by atoms with van der Waals surface area (Å²) in [5, 5.41) is 5.58. The van der Waals surface area contributed by atoms with Gasteiger partial charge in [-0.3, -0.25) is 9.72 Å².